The Hall–Kier alpha value is -3.29. The minimum atomic E-state index is -0.678. The molecule has 0 fully saturated rings. The second kappa shape index (κ2) is 8.70. The number of nitrogens with one attached hydrogen (secondary N) is 2. The third-order valence-electron chi connectivity index (χ3n) is 3.43. The first kappa shape index (κ1) is 19.0. The van der Waals surface area contributed by atoms with Gasteiger partial charge in [-0.15, -0.1) is 0 Å². The maximum atomic E-state index is 13.6. The standard InChI is InChI=1S/C18H19FN2O5/c1-4-26-15-8-6-12(10-16(15)25-3)18(23)21-20-17(22)11-5-7-14(24-2)13(19)9-11/h5-10H,4H2,1-3H3,(H,20,22)(H,21,23). The maximum absolute atomic E-state index is 13.6. The molecule has 0 unspecified atom stereocenters. The molecule has 0 aliphatic carbocycles. The van der Waals surface area contributed by atoms with E-state index >= 15 is 0 Å². The van der Waals surface area contributed by atoms with Gasteiger partial charge in [0.1, 0.15) is 0 Å². The summed E-state index contributed by atoms with van der Waals surface area (Å²) in [5, 5.41) is 0. The molecule has 0 spiro atoms. The third kappa shape index (κ3) is 4.41. The molecule has 0 saturated carbocycles. The summed E-state index contributed by atoms with van der Waals surface area (Å²) in [6.45, 7) is 2.29. The lowest BCUT2D eigenvalue weighted by atomic mass is 10.2. The van der Waals surface area contributed by atoms with Crippen molar-refractivity contribution < 1.29 is 28.2 Å². The average Bonchev–Trinajstić information content (AvgIpc) is 2.66. The molecule has 7 nitrogen and oxygen atoms in total. The van der Waals surface area contributed by atoms with E-state index in [1.165, 1.54) is 38.5 Å². The SMILES string of the molecule is CCOc1ccc(C(=O)NNC(=O)c2ccc(OC)c(F)c2)cc1OC. The fourth-order valence-electron chi connectivity index (χ4n) is 2.15. The van der Waals surface area contributed by atoms with E-state index in [-0.39, 0.29) is 16.9 Å². The van der Waals surface area contributed by atoms with Crippen LogP contribution in [0.1, 0.15) is 27.6 Å². The van der Waals surface area contributed by atoms with Crippen LogP contribution in [0.4, 0.5) is 4.39 Å². The molecule has 2 aromatic carbocycles. The summed E-state index contributed by atoms with van der Waals surface area (Å²) >= 11 is 0. The van der Waals surface area contributed by atoms with Gasteiger partial charge in [-0.1, -0.05) is 0 Å². The molecule has 0 radical (unpaired) electrons. The van der Waals surface area contributed by atoms with Crippen molar-refractivity contribution in [2.24, 2.45) is 0 Å². The van der Waals surface area contributed by atoms with E-state index in [2.05, 4.69) is 10.9 Å². The number of rotatable bonds is 6. The molecular formula is C18H19FN2O5. The predicted molar refractivity (Wildman–Crippen MR) is 92.0 cm³/mol. The highest BCUT2D eigenvalue weighted by molar-refractivity contribution is 5.99. The quantitative estimate of drug-likeness (QED) is 0.771. The Labute approximate surface area is 150 Å². The van der Waals surface area contributed by atoms with Gasteiger partial charge in [0, 0.05) is 11.1 Å². The first-order valence-corrected chi connectivity index (χ1v) is 7.75. The van der Waals surface area contributed by atoms with Crippen LogP contribution in [0.3, 0.4) is 0 Å². The molecule has 0 atom stereocenters. The van der Waals surface area contributed by atoms with Gasteiger partial charge in [0.2, 0.25) is 0 Å². The molecular weight excluding hydrogens is 343 g/mol. The van der Waals surface area contributed by atoms with E-state index < -0.39 is 17.6 Å². The third-order valence-corrected chi connectivity index (χ3v) is 3.43. The highest BCUT2D eigenvalue weighted by Gasteiger charge is 2.14. The number of halogens is 1. The first-order valence-electron chi connectivity index (χ1n) is 7.75. The number of carbonyl (C=O) groups excluding carboxylic acids is 2. The summed E-state index contributed by atoms with van der Waals surface area (Å²) in [6, 6.07) is 8.33. The molecule has 0 aromatic heterocycles. The van der Waals surface area contributed by atoms with Gasteiger partial charge < -0.3 is 14.2 Å². The van der Waals surface area contributed by atoms with Crippen LogP contribution in [-0.4, -0.2) is 32.6 Å². The Morgan fingerprint density at radius 2 is 1.42 bits per heavy atom. The van der Waals surface area contributed by atoms with Crippen molar-refractivity contribution in [2.45, 2.75) is 6.92 Å². The largest absolute Gasteiger partial charge is 0.494 e. The van der Waals surface area contributed by atoms with Crippen LogP contribution >= 0.6 is 0 Å². The fraction of sp³-hybridized carbons (Fsp3) is 0.222. The number of hydrazine groups is 1. The molecule has 2 rings (SSSR count). The topological polar surface area (TPSA) is 85.9 Å². The van der Waals surface area contributed by atoms with Crippen molar-refractivity contribution in [2.75, 3.05) is 20.8 Å². The van der Waals surface area contributed by atoms with Gasteiger partial charge in [-0.2, -0.15) is 0 Å². The van der Waals surface area contributed by atoms with E-state index in [0.29, 0.717) is 18.1 Å². The zero-order valence-electron chi connectivity index (χ0n) is 14.6. The highest BCUT2D eigenvalue weighted by Crippen LogP contribution is 2.27. The van der Waals surface area contributed by atoms with Crippen molar-refractivity contribution in [3.05, 3.63) is 53.3 Å². The smallest absolute Gasteiger partial charge is 0.269 e. The molecule has 0 aliphatic heterocycles. The molecule has 0 saturated heterocycles. The number of amides is 2. The summed E-state index contributed by atoms with van der Waals surface area (Å²) in [4.78, 5) is 24.2. The van der Waals surface area contributed by atoms with Gasteiger partial charge in [0.05, 0.1) is 20.8 Å². The molecule has 2 aromatic rings. The molecule has 0 heterocycles. The minimum Gasteiger partial charge on any atom is -0.494 e. The number of benzene rings is 2. The van der Waals surface area contributed by atoms with E-state index in [0.717, 1.165) is 6.07 Å². The van der Waals surface area contributed by atoms with Crippen molar-refractivity contribution in [3.8, 4) is 17.2 Å². The Bertz CT molecular complexity index is 810. The van der Waals surface area contributed by atoms with Gasteiger partial charge in [-0.25, -0.2) is 4.39 Å². The van der Waals surface area contributed by atoms with Crippen LogP contribution in [0, 0.1) is 5.82 Å². The second-order valence-electron chi connectivity index (χ2n) is 5.06. The van der Waals surface area contributed by atoms with Crippen LogP contribution in [0.15, 0.2) is 36.4 Å². The van der Waals surface area contributed by atoms with Gasteiger partial charge in [-0.3, -0.25) is 20.4 Å². The number of carbonyl (C=O) groups is 2. The lowest BCUT2D eigenvalue weighted by Crippen LogP contribution is -2.41. The van der Waals surface area contributed by atoms with Crippen LogP contribution in [0.5, 0.6) is 17.2 Å². The van der Waals surface area contributed by atoms with Crippen LogP contribution in [0.25, 0.3) is 0 Å². The Kier molecular flexibility index (Phi) is 6.37. The Morgan fingerprint density at radius 1 is 0.885 bits per heavy atom. The fourth-order valence-corrected chi connectivity index (χ4v) is 2.15. The predicted octanol–water partition coefficient (Wildman–Crippen LogP) is 2.32. The maximum Gasteiger partial charge on any atom is 0.269 e. The number of methoxy groups -OCH3 is 2. The number of hydrogen-bond donors (Lipinski definition) is 2. The zero-order valence-corrected chi connectivity index (χ0v) is 14.6. The number of hydrogen-bond acceptors (Lipinski definition) is 5. The lowest BCUT2D eigenvalue weighted by Gasteiger charge is -2.12. The summed E-state index contributed by atoms with van der Waals surface area (Å²) in [7, 11) is 2.78. The monoisotopic (exact) mass is 362 g/mol. The molecule has 2 amide bonds. The Balaban J connectivity index is 2.04. The highest BCUT2D eigenvalue weighted by atomic mass is 19.1. The Morgan fingerprint density at radius 3 is 1.92 bits per heavy atom. The summed E-state index contributed by atoms with van der Waals surface area (Å²) in [5.74, 6) is -0.992. The zero-order chi connectivity index (χ0) is 19.1. The molecule has 138 valence electrons. The average molecular weight is 362 g/mol. The van der Waals surface area contributed by atoms with Crippen molar-refractivity contribution in [1.82, 2.24) is 10.9 Å². The molecule has 2 N–H and O–H groups in total. The van der Waals surface area contributed by atoms with E-state index in [4.69, 9.17) is 14.2 Å². The van der Waals surface area contributed by atoms with Gasteiger partial charge >= 0.3 is 0 Å². The molecule has 0 bridgehead atoms. The molecule has 0 aliphatic rings. The van der Waals surface area contributed by atoms with Crippen molar-refractivity contribution in [1.29, 1.82) is 0 Å². The van der Waals surface area contributed by atoms with Crippen LogP contribution in [-0.2, 0) is 0 Å². The van der Waals surface area contributed by atoms with E-state index in [1.54, 1.807) is 6.07 Å². The van der Waals surface area contributed by atoms with Crippen molar-refractivity contribution in [3.63, 3.8) is 0 Å². The van der Waals surface area contributed by atoms with E-state index in [1.807, 2.05) is 6.92 Å². The lowest BCUT2D eigenvalue weighted by molar-refractivity contribution is 0.0846. The summed E-state index contributed by atoms with van der Waals surface area (Å²) < 4.78 is 29.0. The molecule has 8 heteroatoms. The van der Waals surface area contributed by atoms with Crippen LogP contribution in [0.2, 0.25) is 0 Å². The summed E-state index contributed by atoms with van der Waals surface area (Å²) in [5.41, 5.74) is 4.77. The summed E-state index contributed by atoms with van der Waals surface area (Å²) in [6.07, 6.45) is 0. The second-order valence-corrected chi connectivity index (χ2v) is 5.06. The first-order chi connectivity index (χ1) is 12.5. The number of ether oxygens (including phenoxy) is 3. The van der Waals surface area contributed by atoms with E-state index in [9.17, 15) is 14.0 Å². The minimum absolute atomic E-state index is 0.0204. The normalized spacial score (nSPS) is 10.0. The van der Waals surface area contributed by atoms with Gasteiger partial charge in [0.15, 0.2) is 23.1 Å². The van der Waals surface area contributed by atoms with Crippen molar-refractivity contribution >= 4 is 11.8 Å². The van der Waals surface area contributed by atoms with Crippen LogP contribution < -0.4 is 25.1 Å². The van der Waals surface area contributed by atoms with Gasteiger partial charge in [0.25, 0.3) is 11.8 Å². The van der Waals surface area contributed by atoms with Gasteiger partial charge in [-0.05, 0) is 43.3 Å². The molecule has 26 heavy (non-hydrogen) atoms.